The van der Waals surface area contributed by atoms with E-state index in [2.05, 4.69) is 13.8 Å². The van der Waals surface area contributed by atoms with Crippen LogP contribution in [0.5, 0.6) is 0 Å². The van der Waals surface area contributed by atoms with Gasteiger partial charge >= 0.3 is 11.9 Å². The van der Waals surface area contributed by atoms with E-state index in [9.17, 15) is 9.59 Å². The molecule has 4 rings (SSSR count). The lowest BCUT2D eigenvalue weighted by Gasteiger charge is -2.52. The average molecular weight is 388 g/mol. The number of ether oxygens (including phenoxy) is 3. The molecule has 0 amide bonds. The first kappa shape index (κ1) is 19.2. The predicted molar refractivity (Wildman–Crippen MR) is 100 cm³/mol. The van der Waals surface area contributed by atoms with Crippen LogP contribution in [0.25, 0.3) is 0 Å². The predicted octanol–water partition coefficient (Wildman–Crippen LogP) is 3.81. The fourth-order valence-electron chi connectivity index (χ4n) is 5.31. The second-order valence-corrected chi connectivity index (χ2v) is 8.64. The van der Waals surface area contributed by atoms with Crippen molar-refractivity contribution >= 4 is 11.9 Å². The molecule has 2 aliphatic carbocycles. The number of hydrogen-bond donors (Lipinski definition) is 0. The summed E-state index contributed by atoms with van der Waals surface area (Å²) >= 11 is 0. The molecular weight excluding hydrogens is 360 g/mol. The molecule has 1 unspecified atom stereocenters. The molecule has 2 fully saturated rings. The number of furan rings is 1. The van der Waals surface area contributed by atoms with Crippen LogP contribution in [-0.4, -0.2) is 29.7 Å². The quantitative estimate of drug-likeness (QED) is 0.445. The molecule has 1 spiro atoms. The molecule has 0 N–H and O–H groups in total. The molecule has 152 valence electrons. The molecule has 3 aliphatic rings. The number of epoxide rings is 1. The lowest BCUT2D eigenvalue weighted by Crippen LogP contribution is -2.58. The smallest absolute Gasteiger partial charge is 0.333 e. The Balaban J connectivity index is 1.76. The number of fused-ring (bicyclic) bond motifs is 1. The molecule has 6 nitrogen and oxygen atoms in total. The van der Waals surface area contributed by atoms with Gasteiger partial charge in [0.25, 0.3) is 0 Å². The minimum absolute atomic E-state index is 0.0472. The molecule has 2 heterocycles. The number of hydrogen-bond acceptors (Lipinski definition) is 6. The lowest BCUT2D eigenvalue weighted by atomic mass is 9.53. The van der Waals surface area contributed by atoms with Crippen LogP contribution in [0.15, 0.2) is 22.3 Å². The van der Waals surface area contributed by atoms with Gasteiger partial charge in [-0.2, -0.15) is 0 Å². The van der Waals surface area contributed by atoms with Crippen LogP contribution in [0.1, 0.15) is 64.0 Å². The third kappa shape index (κ3) is 2.43. The first-order valence-corrected chi connectivity index (χ1v) is 9.91. The molecule has 1 aromatic rings. The van der Waals surface area contributed by atoms with E-state index in [0.717, 1.165) is 16.9 Å². The molecule has 6 heteroatoms. The van der Waals surface area contributed by atoms with Crippen molar-refractivity contribution < 1.29 is 28.2 Å². The molecule has 1 saturated heterocycles. The van der Waals surface area contributed by atoms with Crippen LogP contribution >= 0.6 is 0 Å². The summed E-state index contributed by atoms with van der Waals surface area (Å²) in [4.78, 5) is 24.4. The Bertz CT molecular complexity index is 866. The first-order chi connectivity index (χ1) is 13.2. The molecule has 6 atom stereocenters. The lowest BCUT2D eigenvalue weighted by molar-refractivity contribution is -0.180. The van der Waals surface area contributed by atoms with Gasteiger partial charge in [0.1, 0.15) is 23.6 Å². The SMILES string of the molecule is C/C=C(/C)C(=O)O[C@@H]1C[C@H]2OC23Cc2occ(C)c2[C@@H](OC(C)=O)[C@]3(C)[C@H]1C. The normalized spacial score (nSPS) is 38.7. The third-order valence-electron chi connectivity index (χ3n) is 7.31. The molecule has 0 bridgehead atoms. The van der Waals surface area contributed by atoms with E-state index in [1.165, 1.54) is 6.92 Å². The fourth-order valence-corrected chi connectivity index (χ4v) is 5.31. The molecule has 0 radical (unpaired) electrons. The van der Waals surface area contributed by atoms with E-state index in [1.54, 1.807) is 19.3 Å². The Morgan fingerprint density at radius 1 is 1.29 bits per heavy atom. The Hall–Kier alpha value is -2.08. The topological polar surface area (TPSA) is 78.3 Å². The van der Waals surface area contributed by atoms with Crippen molar-refractivity contribution in [2.75, 3.05) is 0 Å². The van der Waals surface area contributed by atoms with Crippen molar-refractivity contribution in [2.45, 2.75) is 78.3 Å². The van der Waals surface area contributed by atoms with E-state index < -0.39 is 17.1 Å². The summed E-state index contributed by atoms with van der Waals surface area (Å²) < 4.78 is 23.8. The highest BCUT2D eigenvalue weighted by atomic mass is 16.6. The minimum atomic E-state index is -0.530. The van der Waals surface area contributed by atoms with E-state index >= 15 is 0 Å². The van der Waals surface area contributed by atoms with Gasteiger partial charge in [-0.3, -0.25) is 4.79 Å². The first-order valence-electron chi connectivity index (χ1n) is 9.91. The standard InChI is InChI=1S/C22H28O6/c1-7-11(2)20(24)27-15-8-17-22(28-17)9-16-18(12(3)10-25-16)19(26-14(5)23)21(22,6)13(15)4/h7,10,13,15,17,19H,8-9H2,1-6H3/b11-7-/t13-,15+,17+,19+,21-,22?/m0/s1. The summed E-state index contributed by atoms with van der Waals surface area (Å²) in [7, 11) is 0. The van der Waals surface area contributed by atoms with E-state index in [0.29, 0.717) is 18.4 Å². The number of allylic oxidation sites excluding steroid dienone is 1. The van der Waals surface area contributed by atoms with Crippen LogP contribution in [0.4, 0.5) is 0 Å². The van der Waals surface area contributed by atoms with E-state index in [-0.39, 0.29) is 30.1 Å². The van der Waals surface area contributed by atoms with Gasteiger partial charge in [-0.25, -0.2) is 4.79 Å². The number of esters is 2. The van der Waals surface area contributed by atoms with Crippen LogP contribution in [0.2, 0.25) is 0 Å². The summed E-state index contributed by atoms with van der Waals surface area (Å²) in [5.74, 6) is 0.113. The Morgan fingerprint density at radius 3 is 2.64 bits per heavy atom. The summed E-state index contributed by atoms with van der Waals surface area (Å²) in [5, 5.41) is 0. The monoisotopic (exact) mass is 388 g/mol. The van der Waals surface area contributed by atoms with Crippen LogP contribution in [0.3, 0.4) is 0 Å². The number of carbonyl (C=O) groups is 2. The number of rotatable bonds is 3. The van der Waals surface area contributed by atoms with Crippen molar-refractivity contribution in [2.24, 2.45) is 11.3 Å². The Morgan fingerprint density at radius 2 is 2.00 bits per heavy atom. The maximum Gasteiger partial charge on any atom is 0.333 e. The highest BCUT2D eigenvalue weighted by molar-refractivity contribution is 5.87. The Kier molecular flexibility index (Phi) is 4.27. The third-order valence-corrected chi connectivity index (χ3v) is 7.31. The van der Waals surface area contributed by atoms with E-state index in [4.69, 9.17) is 18.6 Å². The summed E-state index contributed by atoms with van der Waals surface area (Å²) in [6.45, 7) is 11.1. The van der Waals surface area contributed by atoms with Gasteiger partial charge in [-0.1, -0.05) is 19.9 Å². The van der Waals surface area contributed by atoms with Gasteiger partial charge < -0.3 is 18.6 Å². The van der Waals surface area contributed by atoms with Crippen molar-refractivity contribution in [3.8, 4) is 0 Å². The molecule has 28 heavy (non-hydrogen) atoms. The van der Waals surface area contributed by atoms with Crippen LogP contribution in [-0.2, 0) is 30.2 Å². The van der Waals surface area contributed by atoms with Gasteiger partial charge in [0.15, 0.2) is 0 Å². The summed E-state index contributed by atoms with van der Waals surface area (Å²) in [6, 6.07) is 0. The maximum absolute atomic E-state index is 12.4. The zero-order valence-corrected chi connectivity index (χ0v) is 17.3. The summed E-state index contributed by atoms with van der Waals surface area (Å²) in [6.07, 6.45) is 3.90. The fraction of sp³-hybridized carbons (Fsp3) is 0.636. The highest BCUT2D eigenvalue weighted by Gasteiger charge is 2.78. The zero-order valence-electron chi connectivity index (χ0n) is 17.3. The molecular formula is C22H28O6. The zero-order chi connectivity index (χ0) is 20.4. The molecule has 0 aromatic carbocycles. The van der Waals surface area contributed by atoms with Gasteiger partial charge in [-0.05, 0) is 26.3 Å². The van der Waals surface area contributed by atoms with Crippen molar-refractivity contribution in [3.63, 3.8) is 0 Å². The van der Waals surface area contributed by atoms with E-state index in [1.807, 2.05) is 13.8 Å². The second-order valence-electron chi connectivity index (χ2n) is 8.64. The van der Waals surface area contributed by atoms with Crippen molar-refractivity contribution in [1.82, 2.24) is 0 Å². The molecule has 1 aliphatic heterocycles. The highest BCUT2D eigenvalue weighted by Crippen LogP contribution is 2.70. The van der Waals surface area contributed by atoms with Gasteiger partial charge in [0, 0.05) is 42.2 Å². The minimum Gasteiger partial charge on any atom is -0.469 e. The maximum atomic E-state index is 12.4. The second kappa shape index (κ2) is 6.21. The van der Waals surface area contributed by atoms with Crippen molar-refractivity contribution in [1.29, 1.82) is 0 Å². The van der Waals surface area contributed by atoms with Gasteiger partial charge in [-0.15, -0.1) is 0 Å². The molecule has 1 saturated carbocycles. The Labute approximate surface area is 165 Å². The van der Waals surface area contributed by atoms with Crippen molar-refractivity contribution in [3.05, 3.63) is 34.8 Å². The average Bonchev–Trinajstić information content (AvgIpc) is 3.22. The van der Waals surface area contributed by atoms with Gasteiger partial charge in [0.2, 0.25) is 0 Å². The van der Waals surface area contributed by atoms with Crippen LogP contribution in [0, 0.1) is 18.3 Å². The summed E-state index contributed by atoms with van der Waals surface area (Å²) in [5.41, 5.74) is 1.49. The molecule has 1 aromatic heterocycles. The number of carbonyl (C=O) groups excluding carboxylic acids is 2. The van der Waals surface area contributed by atoms with Gasteiger partial charge in [0.05, 0.1) is 12.4 Å². The largest absolute Gasteiger partial charge is 0.469 e. The number of aryl methyl sites for hydroxylation is 1. The van der Waals surface area contributed by atoms with Crippen LogP contribution < -0.4 is 0 Å².